The fraction of sp³-hybridized carbons (Fsp3) is 0.609. The molecule has 1 aromatic heterocycles. The Bertz CT molecular complexity index is 747. The van der Waals surface area contributed by atoms with Crippen molar-refractivity contribution in [3.63, 3.8) is 0 Å². The topological polar surface area (TPSA) is 71.2 Å². The van der Waals surface area contributed by atoms with Crippen molar-refractivity contribution < 1.29 is 19.1 Å². The largest absolute Gasteiger partial charge is 0.493 e. The Labute approximate surface area is 179 Å². The highest BCUT2D eigenvalue weighted by atomic mass is 16.5. The van der Waals surface area contributed by atoms with Crippen molar-refractivity contribution in [3.05, 3.63) is 41.8 Å². The summed E-state index contributed by atoms with van der Waals surface area (Å²) in [5.41, 5.74) is 2.01. The van der Waals surface area contributed by atoms with Crippen LogP contribution in [0.1, 0.15) is 43.4 Å². The average Bonchev–Trinajstić information content (AvgIpc) is 3.26. The summed E-state index contributed by atoms with van der Waals surface area (Å²) in [5.74, 6) is 1.33. The molecule has 0 radical (unpaired) electrons. The predicted octanol–water partition coefficient (Wildman–Crippen LogP) is 3.32. The first kappa shape index (κ1) is 22.6. The zero-order valence-corrected chi connectivity index (χ0v) is 18.4. The highest BCUT2D eigenvalue weighted by Gasteiger charge is 2.20. The van der Waals surface area contributed by atoms with Gasteiger partial charge in [0.1, 0.15) is 19.0 Å². The monoisotopic (exact) mass is 417 g/mol. The number of aromatic nitrogens is 1. The molecule has 0 bridgehead atoms. The lowest BCUT2D eigenvalue weighted by molar-refractivity contribution is 0.0553. The molecule has 1 heterocycles. The van der Waals surface area contributed by atoms with Gasteiger partial charge in [0.15, 0.2) is 11.5 Å². The van der Waals surface area contributed by atoms with E-state index >= 15 is 0 Å². The molecule has 1 saturated carbocycles. The van der Waals surface area contributed by atoms with Gasteiger partial charge in [-0.3, -0.25) is 4.90 Å². The zero-order chi connectivity index (χ0) is 21.3. The van der Waals surface area contributed by atoms with Gasteiger partial charge in [-0.15, -0.1) is 0 Å². The fourth-order valence-electron chi connectivity index (χ4n) is 4.13. The fourth-order valence-corrected chi connectivity index (χ4v) is 4.13. The second-order valence-corrected chi connectivity index (χ2v) is 8.34. The van der Waals surface area contributed by atoms with E-state index in [-0.39, 0.29) is 6.61 Å². The quantitative estimate of drug-likeness (QED) is 0.601. The van der Waals surface area contributed by atoms with Crippen LogP contribution < -0.4 is 9.47 Å². The van der Waals surface area contributed by atoms with E-state index in [4.69, 9.17) is 14.0 Å². The van der Waals surface area contributed by atoms with E-state index in [1.165, 1.54) is 32.1 Å². The molecular formula is C23H35N3O4. The lowest BCUT2D eigenvalue weighted by atomic mass is 9.94. The molecule has 0 unspecified atom stereocenters. The molecule has 0 aliphatic heterocycles. The first-order valence-electron chi connectivity index (χ1n) is 10.8. The molecule has 7 heteroatoms. The molecule has 1 aromatic carbocycles. The molecule has 1 atom stereocenters. The maximum atomic E-state index is 10.4. The van der Waals surface area contributed by atoms with E-state index in [0.29, 0.717) is 30.6 Å². The lowest BCUT2D eigenvalue weighted by Gasteiger charge is -2.32. The van der Waals surface area contributed by atoms with Gasteiger partial charge in [-0.1, -0.05) is 30.5 Å². The van der Waals surface area contributed by atoms with Crippen LogP contribution in [-0.4, -0.2) is 66.6 Å². The van der Waals surface area contributed by atoms with Gasteiger partial charge in [-0.05, 0) is 44.6 Å². The van der Waals surface area contributed by atoms with Gasteiger partial charge in [0.25, 0.3) is 0 Å². The second kappa shape index (κ2) is 11.3. The van der Waals surface area contributed by atoms with Crippen LogP contribution in [0.15, 0.2) is 35.1 Å². The van der Waals surface area contributed by atoms with Gasteiger partial charge >= 0.3 is 0 Å². The SMILES string of the molecule is COc1cc(CN(C)Cc2ccon2)ccc1OC[C@@H](O)CN(C)C1CCCCC1. The minimum Gasteiger partial charge on any atom is -0.493 e. The molecule has 0 spiro atoms. The molecular weight excluding hydrogens is 382 g/mol. The Balaban J connectivity index is 1.49. The van der Waals surface area contributed by atoms with Crippen LogP contribution in [0.4, 0.5) is 0 Å². The van der Waals surface area contributed by atoms with Crippen molar-refractivity contribution in [1.29, 1.82) is 0 Å². The minimum atomic E-state index is -0.532. The van der Waals surface area contributed by atoms with Crippen molar-refractivity contribution >= 4 is 0 Å². The predicted molar refractivity (Wildman–Crippen MR) is 116 cm³/mol. The number of likely N-dealkylation sites (N-methyl/N-ethyl adjacent to an activating group) is 1. The minimum absolute atomic E-state index is 0.249. The summed E-state index contributed by atoms with van der Waals surface area (Å²) in [6.45, 7) is 2.33. The number of rotatable bonds is 11. The molecule has 30 heavy (non-hydrogen) atoms. The Morgan fingerprint density at radius 1 is 1.13 bits per heavy atom. The summed E-state index contributed by atoms with van der Waals surface area (Å²) >= 11 is 0. The highest BCUT2D eigenvalue weighted by molar-refractivity contribution is 5.43. The van der Waals surface area contributed by atoms with E-state index in [2.05, 4.69) is 22.0 Å². The summed E-state index contributed by atoms with van der Waals surface area (Å²) < 4.78 is 16.3. The van der Waals surface area contributed by atoms with Crippen LogP contribution in [0, 0.1) is 0 Å². The molecule has 7 nitrogen and oxygen atoms in total. The van der Waals surface area contributed by atoms with Crippen LogP contribution in [0.25, 0.3) is 0 Å². The molecule has 1 aliphatic carbocycles. The molecule has 166 valence electrons. The van der Waals surface area contributed by atoms with E-state index in [0.717, 1.165) is 17.8 Å². The molecule has 0 saturated heterocycles. The van der Waals surface area contributed by atoms with Gasteiger partial charge < -0.3 is 24.0 Å². The van der Waals surface area contributed by atoms with E-state index in [1.54, 1.807) is 13.4 Å². The van der Waals surface area contributed by atoms with Crippen molar-refractivity contribution in [2.24, 2.45) is 0 Å². The molecule has 3 rings (SSSR count). The Morgan fingerprint density at radius 2 is 1.93 bits per heavy atom. The Hall–Kier alpha value is -2.09. The third-order valence-electron chi connectivity index (χ3n) is 5.73. The van der Waals surface area contributed by atoms with Gasteiger partial charge in [0, 0.05) is 31.7 Å². The maximum absolute atomic E-state index is 10.4. The van der Waals surface area contributed by atoms with Gasteiger partial charge in [0.05, 0.1) is 12.8 Å². The first-order chi connectivity index (χ1) is 14.5. The molecule has 1 aliphatic rings. The number of aliphatic hydroxyl groups excluding tert-OH is 1. The first-order valence-corrected chi connectivity index (χ1v) is 10.8. The smallest absolute Gasteiger partial charge is 0.161 e. The lowest BCUT2D eigenvalue weighted by Crippen LogP contribution is -2.40. The normalized spacial score (nSPS) is 16.2. The van der Waals surface area contributed by atoms with Crippen molar-refractivity contribution in [1.82, 2.24) is 15.0 Å². The van der Waals surface area contributed by atoms with Gasteiger partial charge in [-0.25, -0.2) is 0 Å². The van der Waals surface area contributed by atoms with Crippen molar-refractivity contribution in [2.45, 2.75) is 57.3 Å². The second-order valence-electron chi connectivity index (χ2n) is 8.34. The molecule has 1 N–H and O–H groups in total. The summed E-state index contributed by atoms with van der Waals surface area (Å²) in [6, 6.07) is 8.37. The molecule has 1 fully saturated rings. The number of aliphatic hydroxyl groups is 1. The van der Waals surface area contributed by atoms with E-state index in [9.17, 15) is 5.11 Å². The molecule has 2 aromatic rings. The average molecular weight is 418 g/mol. The van der Waals surface area contributed by atoms with Crippen LogP contribution in [-0.2, 0) is 13.1 Å². The van der Waals surface area contributed by atoms with E-state index < -0.39 is 6.10 Å². The summed E-state index contributed by atoms with van der Waals surface area (Å²) in [6.07, 6.45) is 7.42. The third-order valence-corrected chi connectivity index (χ3v) is 5.73. The summed E-state index contributed by atoms with van der Waals surface area (Å²) in [4.78, 5) is 4.43. The number of hydrogen-bond acceptors (Lipinski definition) is 7. The number of ether oxygens (including phenoxy) is 2. The van der Waals surface area contributed by atoms with Gasteiger partial charge in [0.2, 0.25) is 0 Å². The van der Waals surface area contributed by atoms with E-state index in [1.807, 2.05) is 31.3 Å². The Kier molecular flexibility index (Phi) is 8.54. The summed E-state index contributed by atoms with van der Waals surface area (Å²) in [5, 5.41) is 14.4. The zero-order valence-electron chi connectivity index (χ0n) is 18.4. The maximum Gasteiger partial charge on any atom is 0.161 e. The number of hydrogen-bond donors (Lipinski definition) is 1. The number of nitrogens with zero attached hydrogens (tertiary/aromatic N) is 3. The standard InChI is InChI=1S/C23H35N3O4/c1-25(15-19-11-12-30-24-19)14-18-9-10-22(23(13-18)28-3)29-17-21(27)16-26(2)20-7-5-4-6-8-20/h9-13,20-21,27H,4-8,14-17H2,1-3H3/t21-/m0/s1. The highest BCUT2D eigenvalue weighted by Crippen LogP contribution is 2.29. The number of benzene rings is 1. The van der Waals surface area contributed by atoms with Crippen molar-refractivity contribution in [3.8, 4) is 11.5 Å². The van der Waals surface area contributed by atoms with Crippen LogP contribution in [0.2, 0.25) is 0 Å². The van der Waals surface area contributed by atoms with Crippen LogP contribution >= 0.6 is 0 Å². The van der Waals surface area contributed by atoms with Crippen LogP contribution in [0.3, 0.4) is 0 Å². The number of methoxy groups -OCH3 is 1. The van der Waals surface area contributed by atoms with Crippen LogP contribution in [0.5, 0.6) is 11.5 Å². The van der Waals surface area contributed by atoms with Gasteiger partial charge in [-0.2, -0.15) is 0 Å². The summed E-state index contributed by atoms with van der Waals surface area (Å²) in [7, 11) is 5.77. The van der Waals surface area contributed by atoms with Crippen molar-refractivity contribution in [2.75, 3.05) is 34.4 Å². The molecule has 0 amide bonds. The third kappa shape index (κ3) is 6.72. The Morgan fingerprint density at radius 3 is 2.63 bits per heavy atom.